The van der Waals surface area contributed by atoms with Crippen molar-refractivity contribution in [1.82, 2.24) is 10.0 Å². The first kappa shape index (κ1) is 21.1. The molecular formula is C24H25N3O3S. The Hall–Kier alpha value is -3.16. The Bertz CT molecular complexity index is 1160. The van der Waals surface area contributed by atoms with Gasteiger partial charge in [-0.2, -0.15) is 4.72 Å². The topological polar surface area (TPSA) is 87.3 Å². The Morgan fingerprint density at radius 2 is 1.65 bits per heavy atom. The molecule has 0 fully saturated rings. The molecule has 3 aromatic carbocycles. The summed E-state index contributed by atoms with van der Waals surface area (Å²) in [5.41, 5.74) is 3.07. The molecule has 0 aromatic heterocycles. The van der Waals surface area contributed by atoms with Crippen LogP contribution in [0.2, 0.25) is 0 Å². The van der Waals surface area contributed by atoms with Gasteiger partial charge < -0.3 is 10.6 Å². The lowest BCUT2D eigenvalue weighted by Gasteiger charge is -2.28. The van der Waals surface area contributed by atoms with Crippen LogP contribution in [0.25, 0.3) is 0 Å². The van der Waals surface area contributed by atoms with Crippen molar-refractivity contribution in [1.29, 1.82) is 0 Å². The predicted molar refractivity (Wildman–Crippen MR) is 121 cm³/mol. The normalized spacial score (nSPS) is 17.8. The van der Waals surface area contributed by atoms with Gasteiger partial charge in [-0.05, 0) is 55.2 Å². The molecule has 7 heteroatoms. The number of carbonyl (C=O) groups is 1. The standard InChI is InChI=1S/C24H25N3O3S/c1-17(11-12-18-7-3-2-4-8-18)25-24(28)20-15-13-19(14-16-20)23-26-21-9-5-6-10-22(21)31(29,30)27-23/h2-10,13-17,23,26-27H,11-12H2,1H3,(H,25,28). The largest absolute Gasteiger partial charge is 0.364 e. The van der Waals surface area contributed by atoms with Crippen molar-refractivity contribution in [3.05, 3.63) is 95.6 Å². The smallest absolute Gasteiger partial charge is 0.251 e. The highest BCUT2D eigenvalue weighted by atomic mass is 32.2. The van der Waals surface area contributed by atoms with Crippen LogP contribution in [0, 0.1) is 0 Å². The number of sulfonamides is 1. The van der Waals surface area contributed by atoms with Crippen LogP contribution in [0.4, 0.5) is 5.69 Å². The lowest BCUT2D eigenvalue weighted by Crippen LogP contribution is -2.38. The highest BCUT2D eigenvalue weighted by Gasteiger charge is 2.29. The van der Waals surface area contributed by atoms with E-state index < -0.39 is 16.2 Å². The summed E-state index contributed by atoms with van der Waals surface area (Å²) in [6, 6.07) is 23.9. The summed E-state index contributed by atoms with van der Waals surface area (Å²) >= 11 is 0. The number of hydrogen-bond acceptors (Lipinski definition) is 4. The lowest BCUT2D eigenvalue weighted by atomic mass is 10.1. The van der Waals surface area contributed by atoms with Crippen LogP contribution >= 0.6 is 0 Å². The van der Waals surface area contributed by atoms with E-state index in [2.05, 4.69) is 27.5 Å². The minimum absolute atomic E-state index is 0.0377. The quantitative estimate of drug-likeness (QED) is 0.549. The van der Waals surface area contributed by atoms with Gasteiger partial charge in [-0.3, -0.25) is 4.79 Å². The van der Waals surface area contributed by atoms with E-state index in [1.54, 1.807) is 48.5 Å². The summed E-state index contributed by atoms with van der Waals surface area (Å²) in [4.78, 5) is 12.8. The Morgan fingerprint density at radius 1 is 0.968 bits per heavy atom. The number of amides is 1. The maximum atomic E-state index is 12.6. The van der Waals surface area contributed by atoms with Gasteiger partial charge in [0.15, 0.2) is 0 Å². The summed E-state index contributed by atoms with van der Waals surface area (Å²) in [7, 11) is -3.60. The molecule has 6 nitrogen and oxygen atoms in total. The second-order valence-electron chi connectivity index (χ2n) is 7.72. The summed E-state index contributed by atoms with van der Waals surface area (Å²) in [5, 5.41) is 6.22. The Labute approximate surface area is 182 Å². The highest BCUT2D eigenvalue weighted by Crippen LogP contribution is 2.30. The molecule has 0 aliphatic carbocycles. The van der Waals surface area contributed by atoms with Crippen LogP contribution in [0.3, 0.4) is 0 Å². The number of carbonyl (C=O) groups excluding carboxylic acids is 1. The molecule has 0 bridgehead atoms. The number of hydrogen-bond donors (Lipinski definition) is 3. The number of anilines is 1. The molecule has 1 aliphatic heterocycles. The molecule has 1 heterocycles. The predicted octanol–water partition coefficient (Wildman–Crippen LogP) is 3.84. The van der Waals surface area contributed by atoms with Crippen molar-refractivity contribution in [2.45, 2.75) is 36.9 Å². The first-order valence-electron chi connectivity index (χ1n) is 10.2. The van der Waals surface area contributed by atoms with Gasteiger partial charge in [0.1, 0.15) is 11.1 Å². The van der Waals surface area contributed by atoms with Gasteiger partial charge in [0.25, 0.3) is 5.91 Å². The summed E-state index contributed by atoms with van der Waals surface area (Å²) in [6.45, 7) is 1.99. The van der Waals surface area contributed by atoms with Crippen molar-refractivity contribution in [3.63, 3.8) is 0 Å². The molecule has 2 atom stereocenters. The van der Waals surface area contributed by atoms with Crippen molar-refractivity contribution in [3.8, 4) is 0 Å². The molecule has 0 spiro atoms. The number of benzene rings is 3. The summed E-state index contributed by atoms with van der Waals surface area (Å²) in [5.74, 6) is -0.144. The average Bonchev–Trinajstić information content (AvgIpc) is 2.78. The van der Waals surface area contributed by atoms with Gasteiger partial charge in [-0.25, -0.2) is 8.42 Å². The molecule has 2 unspecified atom stereocenters. The van der Waals surface area contributed by atoms with E-state index in [1.807, 2.05) is 25.1 Å². The van der Waals surface area contributed by atoms with Gasteiger partial charge in [0, 0.05) is 11.6 Å². The van der Waals surface area contributed by atoms with Gasteiger partial charge in [0.05, 0.1) is 5.69 Å². The Morgan fingerprint density at radius 3 is 2.39 bits per heavy atom. The summed E-state index contributed by atoms with van der Waals surface area (Å²) < 4.78 is 27.6. The van der Waals surface area contributed by atoms with Crippen LogP contribution in [-0.2, 0) is 16.4 Å². The Balaban J connectivity index is 1.38. The third-order valence-corrected chi connectivity index (χ3v) is 6.82. The van der Waals surface area contributed by atoms with Gasteiger partial charge in [-0.15, -0.1) is 0 Å². The third kappa shape index (κ3) is 4.95. The van der Waals surface area contributed by atoms with Gasteiger partial charge in [0.2, 0.25) is 10.0 Å². The van der Waals surface area contributed by atoms with Crippen LogP contribution in [-0.4, -0.2) is 20.4 Å². The number of aryl methyl sites for hydroxylation is 1. The zero-order valence-corrected chi connectivity index (χ0v) is 18.0. The second kappa shape index (κ2) is 8.91. The first-order valence-corrected chi connectivity index (χ1v) is 11.7. The maximum absolute atomic E-state index is 12.6. The van der Waals surface area contributed by atoms with Crippen molar-refractivity contribution in [2.24, 2.45) is 0 Å². The van der Waals surface area contributed by atoms with Crippen LogP contribution in [0.1, 0.15) is 41.0 Å². The fourth-order valence-corrected chi connectivity index (χ4v) is 4.92. The Kier molecular flexibility index (Phi) is 6.06. The van der Waals surface area contributed by atoms with Crippen LogP contribution < -0.4 is 15.4 Å². The molecule has 3 N–H and O–H groups in total. The summed E-state index contributed by atoms with van der Waals surface area (Å²) in [6.07, 6.45) is 1.15. The van der Waals surface area contributed by atoms with Crippen molar-refractivity contribution >= 4 is 21.6 Å². The molecule has 4 rings (SSSR count). The van der Waals surface area contributed by atoms with Gasteiger partial charge >= 0.3 is 0 Å². The van der Waals surface area contributed by atoms with E-state index >= 15 is 0 Å². The lowest BCUT2D eigenvalue weighted by molar-refractivity contribution is 0.0938. The number of rotatable bonds is 6. The second-order valence-corrected chi connectivity index (χ2v) is 9.40. The fourth-order valence-electron chi connectivity index (χ4n) is 3.61. The first-order chi connectivity index (χ1) is 14.9. The maximum Gasteiger partial charge on any atom is 0.251 e. The van der Waals surface area contributed by atoms with E-state index in [0.717, 1.165) is 18.4 Å². The SMILES string of the molecule is CC(CCc1ccccc1)NC(=O)c1ccc(C2Nc3ccccc3S(=O)(=O)N2)cc1. The molecule has 0 radical (unpaired) electrons. The van der Waals surface area contributed by atoms with Gasteiger partial charge in [-0.1, -0.05) is 54.6 Å². The van der Waals surface area contributed by atoms with E-state index in [-0.39, 0.29) is 16.8 Å². The zero-order valence-electron chi connectivity index (χ0n) is 17.2. The molecule has 0 saturated carbocycles. The van der Waals surface area contributed by atoms with E-state index in [0.29, 0.717) is 11.3 Å². The molecular weight excluding hydrogens is 410 g/mol. The van der Waals surface area contributed by atoms with E-state index in [4.69, 9.17) is 0 Å². The number of para-hydroxylation sites is 1. The molecule has 1 amide bonds. The van der Waals surface area contributed by atoms with Crippen LogP contribution in [0.15, 0.2) is 83.8 Å². The number of fused-ring (bicyclic) bond motifs is 1. The van der Waals surface area contributed by atoms with Crippen molar-refractivity contribution in [2.75, 3.05) is 5.32 Å². The molecule has 3 aromatic rings. The average molecular weight is 436 g/mol. The molecule has 0 saturated heterocycles. The fraction of sp³-hybridized carbons (Fsp3) is 0.208. The molecule has 160 valence electrons. The zero-order chi connectivity index (χ0) is 21.8. The van der Waals surface area contributed by atoms with E-state index in [9.17, 15) is 13.2 Å². The minimum atomic E-state index is -3.60. The minimum Gasteiger partial charge on any atom is -0.364 e. The monoisotopic (exact) mass is 435 g/mol. The number of nitrogens with one attached hydrogen (secondary N) is 3. The van der Waals surface area contributed by atoms with Crippen molar-refractivity contribution < 1.29 is 13.2 Å². The van der Waals surface area contributed by atoms with E-state index in [1.165, 1.54) is 5.56 Å². The third-order valence-electron chi connectivity index (χ3n) is 5.34. The highest BCUT2D eigenvalue weighted by molar-refractivity contribution is 7.89. The molecule has 1 aliphatic rings. The van der Waals surface area contributed by atoms with Crippen LogP contribution in [0.5, 0.6) is 0 Å². The molecule has 31 heavy (non-hydrogen) atoms.